The summed E-state index contributed by atoms with van der Waals surface area (Å²) in [5.74, 6) is 0.0707. The van der Waals surface area contributed by atoms with Crippen molar-refractivity contribution in [3.63, 3.8) is 0 Å². The summed E-state index contributed by atoms with van der Waals surface area (Å²) in [5, 5.41) is 8.92. The Morgan fingerprint density at radius 3 is 3.20 bits per heavy atom. The number of halogens is 1. The molecular formula is C11H15FN2O. The van der Waals surface area contributed by atoms with E-state index in [1.165, 1.54) is 0 Å². The monoisotopic (exact) mass is 210 g/mol. The number of fused-ring (bicyclic) bond motifs is 1. The van der Waals surface area contributed by atoms with Gasteiger partial charge >= 0.3 is 0 Å². The molecule has 0 aromatic carbocycles. The Balaban J connectivity index is 2.18. The van der Waals surface area contributed by atoms with Gasteiger partial charge in [0, 0.05) is 25.7 Å². The number of nitrogens with zero attached hydrogens (tertiary/aromatic N) is 2. The van der Waals surface area contributed by atoms with Crippen molar-refractivity contribution in [2.45, 2.75) is 18.4 Å². The molecule has 2 fully saturated rings. The standard InChI is InChI=1S/C11H15FN2O/c1-15-8-11-2-9(4-12)6-14(11)7-10(3-11)5-13/h4,10H,2-3,6-8H2,1H3/b9-4+/t10-,11+/m0/s1. The molecule has 4 heteroatoms. The van der Waals surface area contributed by atoms with Gasteiger partial charge in [0.15, 0.2) is 0 Å². The lowest BCUT2D eigenvalue weighted by Crippen LogP contribution is -2.42. The van der Waals surface area contributed by atoms with Gasteiger partial charge in [-0.2, -0.15) is 5.26 Å². The largest absolute Gasteiger partial charge is 0.383 e. The molecule has 2 aliphatic rings. The lowest BCUT2D eigenvalue weighted by Gasteiger charge is -2.30. The maximum absolute atomic E-state index is 12.5. The summed E-state index contributed by atoms with van der Waals surface area (Å²) >= 11 is 0. The van der Waals surface area contributed by atoms with Crippen LogP contribution in [0.4, 0.5) is 4.39 Å². The minimum atomic E-state index is -0.118. The quantitative estimate of drug-likeness (QED) is 0.692. The molecule has 82 valence electrons. The lowest BCUT2D eigenvalue weighted by molar-refractivity contribution is 0.0655. The van der Waals surface area contributed by atoms with Crippen LogP contribution in [0.2, 0.25) is 0 Å². The number of methoxy groups -OCH3 is 1. The number of hydrogen-bond acceptors (Lipinski definition) is 3. The van der Waals surface area contributed by atoms with E-state index >= 15 is 0 Å². The van der Waals surface area contributed by atoms with Crippen LogP contribution in [0.15, 0.2) is 11.9 Å². The van der Waals surface area contributed by atoms with E-state index in [9.17, 15) is 4.39 Å². The van der Waals surface area contributed by atoms with E-state index in [-0.39, 0.29) is 11.5 Å². The van der Waals surface area contributed by atoms with E-state index in [0.29, 0.717) is 25.9 Å². The molecule has 2 atom stereocenters. The summed E-state index contributed by atoms with van der Waals surface area (Å²) in [6, 6.07) is 2.30. The fraction of sp³-hybridized carbons (Fsp3) is 0.727. The molecular weight excluding hydrogens is 195 g/mol. The number of nitriles is 1. The summed E-state index contributed by atoms with van der Waals surface area (Å²) in [6.07, 6.45) is 2.21. The SMILES string of the molecule is COC[C@]12C/C(=C\F)CN1C[C@H](C#N)C2. The number of hydrogen-bond donors (Lipinski definition) is 0. The average Bonchev–Trinajstić information content (AvgIpc) is 2.70. The highest BCUT2D eigenvalue weighted by Crippen LogP contribution is 2.43. The smallest absolute Gasteiger partial charge is 0.0872 e. The van der Waals surface area contributed by atoms with Crippen LogP contribution < -0.4 is 0 Å². The van der Waals surface area contributed by atoms with E-state index in [2.05, 4.69) is 11.0 Å². The van der Waals surface area contributed by atoms with Crippen LogP contribution in [0.3, 0.4) is 0 Å². The number of ether oxygens (including phenoxy) is 1. The minimum absolute atomic E-state index is 0.0707. The zero-order chi connectivity index (χ0) is 10.9. The molecule has 0 amide bonds. The molecule has 2 rings (SSSR count). The maximum atomic E-state index is 12.5. The van der Waals surface area contributed by atoms with E-state index in [4.69, 9.17) is 10.00 Å². The van der Waals surface area contributed by atoms with Crippen LogP contribution in [0.5, 0.6) is 0 Å². The van der Waals surface area contributed by atoms with Gasteiger partial charge in [-0.05, 0) is 18.4 Å². The molecule has 3 nitrogen and oxygen atoms in total. The predicted octanol–water partition coefficient (Wildman–Crippen LogP) is 1.47. The summed E-state index contributed by atoms with van der Waals surface area (Å²) in [4.78, 5) is 2.19. The summed E-state index contributed by atoms with van der Waals surface area (Å²) in [5.41, 5.74) is 0.705. The van der Waals surface area contributed by atoms with Crippen molar-refractivity contribution >= 4 is 0 Å². The van der Waals surface area contributed by atoms with Gasteiger partial charge in [-0.25, -0.2) is 4.39 Å². The Hall–Kier alpha value is -0.920. The molecule has 15 heavy (non-hydrogen) atoms. The van der Waals surface area contributed by atoms with Gasteiger partial charge in [0.25, 0.3) is 0 Å². The first kappa shape index (κ1) is 10.6. The Morgan fingerprint density at radius 2 is 2.60 bits per heavy atom. The number of rotatable bonds is 2. The highest BCUT2D eigenvalue weighted by Gasteiger charge is 2.50. The van der Waals surface area contributed by atoms with E-state index < -0.39 is 0 Å². The van der Waals surface area contributed by atoms with E-state index in [1.807, 2.05) is 0 Å². The molecule has 2 heterocycles. The summed E-state index contributed by atoms with van der Waals surface area (Å²) in [7, 11) is 1.66. The zero-order valence-electron chi connectivity index (χ0n) is 8.87. The first-order chi connectivity index (χ1) is 7.24. The minimum Gasteiger partial charge on any atom is -0.383 e. The molecule has 2 saturated heterocycles. The highest BCUT2D eigenvalue weighted by molar-refractivity contribution is 5.21. The fourth-order valence-electron chi connectivity index (χ4n) is 2.88. The van der Waals surface area contributed by atoms with E-state index in [1.54, 1.807) is 7.11 Å². The van der Waals surface area contributed by atoms with Crippen LogP contribution in [0.25, 0.3) is 0 Å². The Kier molecular flexibility index (Phi) is 2.76. The molecule has 0 spiro atoms. The van der Waals surface area contributed by atoms with Crippen molar-refractivity contribution in [3.8, 4) is 6.07 Å². The second-order valence-electron chi connectivity index (χ2n) is 4.51. The van der Waals surface area contributed by atoms with Gasteiger partial charge in [-0.3, -0.25) is 4.90 Å². The van der Waals surface area contributed by atoms with Crippen LogP contribution >= 0.6 is 0 Å². The van der Waals surface area contributed by atoms with Crippen LogP contribution in [0, 0.1) is 17.2 Å². The highest BCUT2D eigenvalue weighted by atomic mass is 19.1. The second kappa shape index (κ2) is 3.92. The van der Waals surface area contributed by atoms with Crippen molar-refractivity contribution in [1.82, 2.24) is 4.90 Å². The van der Waals surface area contributed by atoms with Crippen LogP contribution in [-0.2, 0) is 4.74 Å². The topological polar surface area (TPSA) is 36.3 Å². The predicted molar refractivity (Wildman–Crippen MR) is 53.7 cm³/mol. The Bertz CT molecular complexity index is 323. The van der Waals surface area contributed by atoms with E-state index in [0.717, 1.165) is 18.5 Å². The van der Waals surface area contributed by atoms with Gasteiger partial charge < -0.3 is 4.74 Å². The summed E-state index contributed by atoms with van der Waals surface area (Å²) in [6.45, 7) is 1.98. The van der Waals surface area contributed by atoms with Crippen molar-refractivity contribution in [2.24, 2.45) is 5.92 Å². The lowest BCUT2D eigenvalue weighted by atomic mass is 9.90. The average molecular weight is 210 g/mol. The fourth-order valence-corrected chi connectivity index (χ4v) is 2.88. The third kappa shape index (κ3) is 1.66. The normalized spacial score (nSPS) is 38.2. The van der Waals surface area contributed by atoms with Crippen molar-refractivity contribution in [2.75, 3.05) is 26.8 Å². The molecule has 2 aliphatic heterocycles. The van der Waals surface area contributed by atoms with Crippen molar-refractivity contribution < 1.29 is 9.13 Å². The molecule has 0 bridgehead atoms. The third-order valence-electron chi connectivity index (χ3n) is 3.44. The Morgan fingerprint density at radius 1 is 1.80 bits per heavy atom. The second-order valence-corrected chi connectivity index (χ2v) is 4.51. The van der Waals surface area contributed by atoms with Crippen molar-refractivity contribution in [1.29, 1.82) is 5.26 Å². The maximum Gasteiger partial charge on any atom is 0.0872 e. The van der Waals surface area contributed by atoms with Gasteiger partial charge in [0.1, 0.15) is 0 Å². The molecule has 0 aromatic heterocycles. The molecule has 0 radical (unpaired) electrons. The molecule has 0 aromatic rings. The molecule has 0 N–H and O–H groups in total. The summed E-state index contributed by atoms with van der Waals surface area (Å²) < 4.78 is 17.7. The van der Waals surface area contributed by atoms with Crippen LogP contribution in [-0.4, -0.2) is 37.2 Å². The Labute approximate surface area is 89.1 Å². The molecule has 0 saturated carbocycles. The van der Waals surface area contributed by atoms with Gasteiger partial charge in [0.05, 0.1) is 24.9 Å². The molecule has 0 aliphatic carbocycles. The van der Waals surface area contributed by atoms with Crippen LogP contribution in [0.1, 0.15) is 12.8 Å². The first-order valence-corrected chi connectivity index (χ1v) is 5.16. The zero-order valence-corrected chi connectivity index (χ0v) is 8.87. The van der Waals surface area contributed by atoms with Gasteiger partial charge in [0.2, 0.25) is 0 Å². The van der Waals surface area contributed by atoms with Crippen molar-refractivity contribution in [3.05, 3.63) is 11.9 Å². The first-order valence-electron chi connectivity index (χ1n) is 5.16. The third-order valence-corrected chi connectivity index (χ3v) is 3.44. The van der Waals surface area contributed by atoms with Gasteiger partial charge in [-0.1, -0.05) is 0 Å². The molecule has 0 unspecified atom stereocenters. The van der Waals surface area contributed by atoms with Gasteiger partial charge in [-0.15, -0.1) is 0 Å².